The lowest BCUT2D eigenvalue weighted by atomic mass is 9.96. The van der Waals surface area contributed by atoms with E-state index in [1.165, 1.54) is 14.2 Å². The van der Waals surface area contributed by atoms with Crippen molar-refractivity contribution in [2.24, 2.45) is 0 Å². The summed E-state index contributed by atoms with van der Waals surface area (Å²) in [5.41, 5.74) is 9.17. The minimum absolute atomic E-state index is 0.0253. The summed E-state index contributed by atoms with van der Waals surface area (Å²) in [5.74, 6) is 0.635. The van der Waals surface area contributed by atoms with Crippen LogP contribution in [0.5, 0.6) is 0 Å². The number of aromatic nitrogens is 4. The predicted molar refractivity (Wildman–Crippen MR) is 217 cm³/mol. The fourth-order valence-electron chi connectivity index (χ4n) is 8.12. The van der Waals surface area contributed by atoms with E-state index in [1.807, 2.05) is 91.2 Å². The summed E-state index contributed by atoms with van der Waals surface area (Å²) in [6.45, 7) is 4.12. The van der Waals surface area contributed by atoms with Crippen LogP contribution in [0.2, 0.25) is 0 Å². The molecule has 0 saturated heterocycles. The summed E-state index contributed by atoms with van der Waals surface area (Å²) >= 11 is 0. The van der Waals surface area contributed by atoms with E-state index in [2.05, 4.69) is 12.1 Å². The number of carbonyl (C=O) groups is 4. The van der Waals surface area contributed by atoms with E-state index in [0.717, 1.165) is 93.5 Å². The quantitative estimate of drug-likeness (QED) is 0.157. The molecule has 6 aromatic rings. The second-order valence-corrected chi connectivity index (χ2v) is 14.5. The third kappa shape index (κ3) is 7.69. The number of amides is 2. The number of hydrogen-bond donors (Lipinski definition) is 1. The molecule has 2 aliphatic rings. The van der Waals surface area contributed by atoms with Gasteiger partial charge in [-0.1, -0.05) is 60.7 Å². The third-order valence-electron chi connectivity index (χ3n) is 10.9. The molecule has 0 spiro atoms. The van der Waals surface area contributed by atoms with Crippen molar-refractivity contribution in [1.82, 2.24) is 19.1 Å². The Morgan fingerprint density at radius 2 is 1.12 bits per heavy atom. The summed E-state index contributed by atoms with van der Waals surface area (Å²) < 4.78 is 13.7. The first-order valence-electron chi connectivity index (χ1n) is 19.1. The average Bonchev–Trinajstić information content (AvgIpc) is 3.74. The highest BCUT2D eigenvalue weighted by Gasteiger charge is 2.33. The highest BCUT2D eigenvalue weighted by molar-refractivity contribution is 5.96. The predicted octanol–water partition coefficient (Wildman–Crippen LogP) is 7.35. The number of hydrogen-bond acceptors (Lipinski definition) is 8. The molecule has 13 heteroatoms. The zero-order chi connectivity index (χ0) is 40.2. The number of methoxy groups -OCH3 is 2. The molecule has 294 valence electrons. The number of rotatable bonds is 8. The molecule has 0 aliphatic carbocycles. The van der Waals surface area contributed by atoms with Crippen molar-refractivity contribution < 1.29 is 33.8 Å². The van der Waals surface area contributed by atoms with E-state index < -0.39 is 12.1 Å². The van der Waals surface area contributed by atoms with Crippen molar-refractivity contribution in [1.29, 1.82) is 0 Å². The van der Waals surface area contributed by atoms with Crippen LogP contribution in [-0.4, -0.2) is 75.0 Å². The summed E-state index contributed by atoms with van der Waals surface area (Å²) in [6, 6.07) is 27.7. The van der Waals surface area contributed by atoms with Gasteiger partial charge >= 0.3 is 18.2 Å². The lowest BCUT2D eigenvalue weighted by Gasteiger charge is -2.34. The molecule has 0 fully saturated rings. The van der Waals surface area contributed by atoms with E-state index in [-0.39, 0.29) is 31.3 Å². The van der Waals surface area contributed by atoms with Crippen molar-refractivity contribution in [3.63, 3.8) is 0 Å². The van der Waals surface area contributed by atoms with Crippen molar-refractivity contribution in [2.45, 2.75) is 77.5 Å². The van der Waals surface area contributed by atoms with Gasteiger partial charge in [0.05, 0.1) is 54.2 Å². The van der Waals surface area contributed by atoms with Gasteiger partial charge in [-0.15, -0.1) is 0 Å². The number of fused-ring (bicyclic) bond motifs is 6. The zero-order valence-electron chi connectivity index (χ0n) is 32.6. The zero-order valence-corrected chi connectivity index (χ0v) is 32.6. The number of ether oxygens (including phenoxy) is 2. The lowest BCUT2D eigenvalue weighted by molar-refractivity contribution is -0.137. The van der Waals surface area contributed by atoms with Gasteiger partial charge in [0.15, 0.2) is 0 Å². The number of aldehydes is 1. The van der Waals surface area contributed by atoms with Crippen molar-refractivity contribution >= 4 is 57.9 Å². The number of carboxylic acid groups (broad SMARTS) is 1. The van der Waals surface area contributed by atoms with Crippen molar-refractivity contribution in [2.75, 3.05) is 24.0 Å². The molecule has 57 heavy (non-hydrogen) atoms. The largest absolute Gasteiger partial charge is 0.480 e. The molecule has 2 aromatic heterocycles. The summed E-state index contributed by atoms with van der Waals surface area (Å²) in [7, 11) is 2.78. The maximum absolute atomic E-state index is 12.3. The fraction of sp³-hybridized carbons (Fsp3) is 0.318. The van der Waals surface area contributed by atoms with Crippen LogP contribution < -0.4 is 9.80 Å². The molecule has 8 rings (SSSR count). The SMILES string of the molecule is COC(=O)N1c2ccc3c(nc(Cc4ccccc4)n3CC(=O)O)c2CC[C@@H]1C.COC(=O)N1c2ccc3c(nc(Cc4ccccc4)n3CC=O)c2CC[C@@H]1C. The number of carbonyl (C=O) groups excluding carboxylic acids is 3. The Balaban J connectivity index is 0.000000174. The number of carboxylic acids is 1. The molecule has 4 heterocycles. The Hall–Kier alpha value is -6.50. The topological polar surface area (TPSA) is 149 Å². The van der Waals surface area contributed by atoms with Crippen molar-refractivity contribution in [3.8, 4) is 0 Å². The third-order valence-corrected chi connectivity index (χ3v) is 10.9. The molecule has 0 unspecified atom stereocenters. The molecule has 1 N–H and O–H groups in total. The van der Waals surface area contributed by atoms with Crippen LogP contribution in [-0.2, 0) is 57.8 Å². The van der Waals surface area contributed by atoms with Gasteiger partial charge in [-0.25, -0.2) is 19.6 Å². The molecule has 2 aliphatic heterocycles. The number of nitrogens with zero attached hydrogens (tertiary/aromatic N) is 6. The number of imidazole rings is 2. The maximum atomic E-state index is 12.3. The average molecular weight is 771 g/mol. The van der Waals surface area contributed by atoms with Gasteiger partial charge in [0.25, 0.3) is 0 Å². The maximum Gasteiger partial charge on any atom is 0.414 e. The van der Waals surface area contributed by atoms with Crippen LogP contribution >= 0.6 is 0 Å². The molecular formula is C44H46N6O7. The van der Waals surface area contributed by atoms with Gasteiger partial charge in [-0.05, 0) is 74.9 Å². The van der Waals surface area contributed by atoms with Gasteiger partial charge in [-0.3, -0.25) is 14.6 Å². The highest BCUT2D eigenvalue weighted by Crippen LogP contribution is 2.38. The molecule has 4 aromatic carbocycles. The number of aliphatic carboxylic acids is 1. The first-order valence-corrected chi connectivity index (χ1v) is 19.1. The second-order valence-electron chi connectivity index (χ2n) is 14.5. The van der Waals surface area contributed by atoms with Crippen LogP contribution in [0.3, 0.4) is 0 Å². The Morgan fingerprint density at radius 1 is 0.684 bits per heavy atom. The highest BCUT2D eigenvalue weighted by atomic mass is 16.5. The number of aryl methyl sites for hydroxylation is 2. The standard InChI is InChI=1S/C22H23N3O4.C22H23N3O3/c1-14-8-9-16-17(25(14)22(28)29-2)10-11-18-21(16)23-19(24(18)13-20(26)27)12-15-6-4-3-5-7-15;1-15-8-9-17-18(25(15)22(27)28-2)10-11-19-21(17)23-20(24(19)12-13-26)14-16-6-4-3-5-7-16/h3-7,10-11,14H,8-9,12-13H2,1-2H3,(H,26,27);3-7,10-11,13,15H,8-9,12,14H2,1-2H3/t14-;15-/m00/s1. The first kappa shape index (κ1) is 38.8. The van der Waals surface area contributed by atoms with Gasteiger partial charge in [0, 0.05) is 36.1 Å². The Bertz CT molecular complexity index is 2440. The fourth-order valence-corrected chi connectivity index (χ4v) is 8.12. The van der Waals surface area contributed by atoms with Crippen molar-refractivity contribution in [3.05, 3.63) is 119 Å². The van der Waals surface area contributed by atoms with Crippen LogP contribution in [0.15, 0.2) is 84.9 Å². The van der Waals surface area contributed by atoms with E-state index in [4.69, 9.17) is 19.4 Å². The van der Waals surface area contributed by atoms with Crippen LogP contribution in [0.25, 0.3) is 22.1 Å². The molecular weight excluding hydrogens is 725 g/mol. The Morgan fingerprint density at radius 3 is 1.54 bits per heavy atom. The first-order chi connectivity index (χ1) is 27.6. The number of anilines is 2. The van der Waals surface area contributed by atoms with E-state index >= 15 is 0 Å². The summed E-state index contributed by atoms with van der Waals surface area (Å²) in [6.07, 6.45) is 4.58. The molecule has 0 radical (unpaired) electrons. The summed E-state index contributed by atoms with van der Waals surface area (Å²) in [5, 5.41) is 9.44. The lowest BCUT2D eigenvalue weighted by Crippen LogP contribution is -2.42. The van der Waals surface area contributed by atoms with Crippen LogP contribution in [0, 0.1) is 0 Å². The van der Waals surface area contributed by atoms with Crippen LogP contribution in [0.1, 0.15) is 60.6 Å². The van der Waals surface area contributed by atoms with E-state index in [1.54, 1.807) is 14.4 Å². The smallest absolute Gasteiger partial charge is 0.414 e. The Labute approximate surface area is 330 Å². The van der Waals surface area contributed by atoms with E-state index in [0.29, 0.717) is 18.7 Å². The minimum atomic E-state index is -0.916. The summed E-state index contributed by atoms with van der Waals surface area (Å²) in [4.78, 5) is 60.6. The minimum Gasteiger partial charge on any atom is -0.480 e. The van der Waals surface area contributed by atoms with E-state index in [9.17, 15) is 24.3 Å². The molecule has 2 amide bonds. The second kappa shape index (κ2) is 16.7. The number of benzene rings is 4. The van der Waals surface area contributed by atoms with Gasteiger partial charge in [-0.2, -0.15) is 0 Å². The van der Waals surface area contributed by atoms with Gasteiger partial charge in [0.1, 0.15) is 24.5 Å². The molecule has 0 saturated carbocycles. The molecule has 0 bridgehead atoms. The van der Waals surface area contributed by atoms with Gasteiger partial charge in [0.2, 0.25) is 0 Å². The molecule has 2 atom stereocenters. The monoisotopic (exact) mass is 770 g/mol. The van der Waals surface area contributed by atoms with Gasteiger partial charge < -0.3 is 28.5 Å². The molecule has 13 nitrogen and oxygen atoms in total. The normalized spacial score (nSPS) is 16.0. The van der Waals surface area contributed by atoms with Crippen LogP contribution in [0.4, 0.5) is 21.0 Å². The Kier molecular flexibility index (Phi) is 11.4.